The molecule has 3 aromatic heterocycles. The molecule has 71 heavy (non-hydrogen) atoms. The van der Waals surface area contributed by atoms with Crippen molar-refractivity contribution in [3.05, 3.63) is 283 Å². The smallest absolute Gasteiger partial charge is 0.0709 e. The second kappa shape index (κ2) is 20.8. The lowest BCUT2D eigenvalue weighted by molar-refractivity contribution is 0.931. The molecule has 0 atom stereocenters. The van der Waals surface area contributed by atoms with Crippen molar-refractivity contribution in [3.63, 3.8) is 0 Å². The van der Waals surface area contributed by atoms with Crippen LogP contribution in [0, 0.1) is 6.92 Å². The van der Waals surface area contributed by atoms with Gasteiger partial charge in [-0.2, -0.15) is 0 Å². The molecule has 0 aliphatic rings. The van der Waals surface area contributed by atoms with E-state index < -0.39 is 0 Å². The minimum atomic E-state index is 0.923. The van der Waals surface area contributed by atoms with Gasteiger partial charge in [0.2, 0.25) is 0 Å². The molecule has 11 aromatic rings. The molecule has 0 aliphatic carbocycles. The Hall–Kier alpha value is -8.79. The maximum atomic E-state index is 5.20. The van der Waals surface area contributed by atoms with E-state index in [-0.39, 0.29) is 0 Å². The lowest BCUT2D eigenvalue weighted by Gasteiger charge is -2.18. The maximum Gasteiger partial charge on any atom is 0.0709 e. The minimum absolute atomic E-state index is 0.923. The van der Waals surface area contributed by atoms with Crippen LogP contribution in [-0.4, -0.2) is 15.0 Å². The monoisotopic (exact) mass is 911 g/mol. The molecule has 0 saturated carbocycles. The fraction of sp³-hybridized carbons (Fsp3) is 0.0735. The molecule has 0 unspecified atom stereocenters. The van der Waals surface area contributed by atoms with Gasteiger partial charge < -0.3 is 0 Å². The van der Waals surface area contributed by atoms with Gasteiger partial charge in [-0.25, -0.2) is 4.98 Å². The maximum absolute atomic E-state index is 5.20. The molecule has 3 heteroatoms. The number of hydrogen-bond acceptors (Lipinski definition) is 3. The quantitative estimate of drug-likeness (QED) is 0.109. The highest BCUT2D eigenvalue weighted by Crippen LogP contribution is 2.41. The van der Waals surface area contributed by atoms with Gasteiger partial charge in [0, 0.05) is 34.6 Å². The Kier molecular flexibility index (Phi) is 13.1. The van der Waals surface area contributed by atoms with E-state index in [4.69, 9.17) is 4.98 Å². The number of aryl methyl sites for hydroxylation is 5. The van der Waals surface area contributed by atoms with Crippen LogP contribution >= 0.6 is 0 Å². The second-order valence-corrected chi connectivity index (χ2v) is 18.4. The van der Waals surface area contributed by atoms with Crippen LogP contribution in [0.25, 0.3) is 89.5 Å². The van der Waals surface area contributed by atoms with E-state index in [0.717, 1.165) is 81.8 Å². The van der Waals surface area contributed by atoms with Gasteiger partial charge in [-0.1, -0.05) is 206 Å². The zero-order chi connectivity index (χ0) is 47.8. The van der Waals surface area contributed by atoms with Gasteiger partial charge in [-0.05, 0) is 141 Å². The van der Waals surface area contributed by atoms with Crippen molar-refractivity contribution in [2.75, 3.05) is 0 Å². The van der Waals surface area contributed by atoms with E-state index in [1.54, 1.807) is 0 Å². The Bertz CT molecular complexity index is 3530. The average Bonchev–Trinajstić information content (AvgIpc) is 3.45. The van der Waals surface area contributed by atoms with Gasteiger partial charge in [0.25, 0.3) is 0 Å². The first kappa shape index (κ1) is 44.7. The summed E-state index contributed by atoms with van der Waals surface area (Å²) in [6.45, 7) is 2.08. The molecule has 0 fully saturated rings. The van der Waals surface area contributed by atoms with Gasteiger partial charge in [0.1, 0.15) is 0 Å². The molecule has 0 amide bonds. The van der Waals surface area contributed by atoms with Crippen molar-refractivity contribution < 1.29 is 0 Å². The molecule has 0 aliphatic heterocycles. The summed E-state index contributed by atoms with van der Waals surface area (Å²) in [5, 5.41) is 0. The molecule has 340 valence electrons. The number of rotatable bonds is 14. The summed E-state index contributed by atoms with van der Waals surface area (Å²) >= 11 is 0. The standard InChI is InChI=1S/C68H53N3/c1-48-22-41-66(70-47-48)58-33-29-50(30-34-58)24-26-52-43-51(25-23-49-27-31-57(32-28-49)65-19-10-11-42-69-65)44-60(45-52)61-17-8-9-18-62(61)63-40-39-59(68-21-12-20-67(71-68)56-15-6-3-7-16-56)46-64(63)55-37-35-54(36-38-55)53-13-4-2-5-14-53/h2-22,27-47H,23-26H2,1H3. The normalized spacial score (nSPS) is 11.1. The van der Waals surface area contributed by atoms with Crippen molar-refractivity contribution in [2.45, 2.75) is 32.6 Å². The Morgan fingerprint density at radius 3 is 1.37 bits per heavy atom. The first-order valence-corrected chi connectivity index (χ1v) is 24.6. The van der Waals surface area contributed by atoms with Gasteiger partial charge in [-0.15, -0.1) is 0 Å². The number of benzene rings is 8. The average molecular weight is 912 g/mol. The molecule has 8 aromatic carbocycles. The summed E-state index contributed by atoms with van der Waals surface area (Å²) in [7, 11) is 0. The van der Waals surface area contributed by atoms with E-state index in [9.17, 15) is 0 Å². The summed E-state index contributed by atoms with van der Waals surface area (Å²) in [6, 6.07) is 87.6. The van der Waals surface area contributed by atoms with E-state index in [1.807, 2.05) is 30.6 Å². The molecule has 0 bridgehead atoms. The highest BCUT2D eigenvalue weighted by atomic mass is 14.7. The van der Waals surface area contributed by atoms with Gasteiger partial charge in [0.15, 0.2) is 0 Å². The van der Waals surface area contributed by atoms with E-state index in [0.29, 0.717) is 0 Å². The van der Waals surface area contributed by atoms with Gasteiger partial charge in [0.05, 0.1) is 22.8 Å². The van der Waals surface area contributed by atoms with Crippen LogP contribution in [0.15, 0.2) is 255 Å². The molecular weight excluding hydrogens is 859 g/mol. The van der Waals surface area contributed by atoms with Crippen molar-refractivity contribution in [3.8, 4) is 89.5 Å². The van der Waals surface area contributed by atoms with E-state index in [2.05, 4.69) is 241 Å². The molecule has 3 nitrogen and oxygen atoms in total. The van der Waals surface area contributed by atoms with Crippen LogP contribution in [0.3, 0.4) is 0 Å². The lowest BCUT2D eigenvalue weighted by atomic mass is 9.86. The summed E-state index contributed by atoms with van der Waals surface area (Å²) in [4.78, 5) is 14.4. The minimum Gasteiger partial charge on any atom is -0.256 e. The fourth-order valence-corrected chi connectivity index (χ4v) is 9.63. The first-order chi connectivity index (χ1) is 35.1. The van der Waals surface area contributed by atoms with Crippen LogP contribution < -0.4 is 0 Å². The lowest BCUT2D eigenvalue weighted by Crippen LogP contribution is -1.98. The van der Waals surface area contributed by atoms with Crippen LogP contribution in [0.2, 0.25) is 0 Å². The Balaban J connectivity index is 0.966. The molecule has 0 radical (unpaired) electrons. The molecular formula is C68H53N3. The molecule has 3 heterocycles. The van der Waals surface area contributed by atoms with Gasteiger partial charge in [-0.3, -0.25) is 9.97 Å². The number of nitrogens with zero attached hydrogens (tertiary/aromatic N) is 3. The topological polar surface area (TPSA) is 38.7 Å². The predicted molar refractivity (Wildman–Crippen MR) is 296 cm³/mol. The number of hydrogen-bond donors (Lipinski definition) is 0. The predicted octanol–water partition coefficient (Wildman–Crippen LogP) is 17.1. The summed E-state index contributed by atoms with van der Waals surface area (Å²) in [6.07, 6.45) is 7.51. The summed E-state index contributed by atoms with van der Waals surface area (Å²) < 4.78 is 0. The third kappa shape index (κ3) is 10.5. The SMILES string of the molecule is Cc1ccc(-c2ccc(CCc3cc(CCc4ccc(-c5ccccn5)cc4)cc(-c4ccccc4-c4ccc(-c5cccc(-c6ccccc6)n5)cc4-c4ccc(-c5ccccc5)cc4)c3)cc2)nc1. The fourth-order valence-electron chi connectivity index (χ4n) is 9.63. The van der Waals surface area contributed by atoms with Crippen LogP contribution in [0.1, 0.15) is 27.8 Å². The molecule has 0 spiro atoms. The first-order valence-electron chi connectivity index (χ1n) is 24.6. The Labute approximate surface area is 417 Å². The van der Waals surface area contributed by atoms with Crippen LogP contribution in [0.5, 0.6) is 0 Å². The molecule has 11 rings (SSSR count). The largest absolute Gasteiger partial charge is 0.256 e. The molecule has 0 N–H and O–H groups in total. The van der Waals surface area contributed by atoms with E-state index in [1.165, 1.54) is 61.2 Å². The zero-order valence-electron chi connectivity index (χ0n) is 39.9. The highest BCUT2D eigenvalue weighted by molar-refractivity contribution is 5.94. The number of aromatic nitrogens is 3. The Morgan fingerprint density at radius 1 is 0.268 bits per heavy atom. The van der Waals surface area contributed by atoms with Crippen molar-refractivity contribution in [1.29, 1.82) is 0 Å². The second-order valence-electron chi connectivity index (χ2n) is 18.4. The van der Waals surface area contributed by atoms with Crippen molar-refractivity contribution in [1.82, 2.24) is 15.0 Å². The zero-order valence-corrected chi connectivity index (χ0v) is 39.9. The number of pyridine rings is 3. The highest BCUT2D eigenvalue weighted by Gasteiger charge is 2.17. The summed E-state index contributed by atoms with van der Waals surface area (Å²) in [5.74, 6) is 0. The van der Waals surface area contributed by atoms with Crippen molar-refractivity contribution >= 4 is 0 Å². The summed E-state index contributed by atoms with van der Waals surface area (Å²) in [5.41, 5.74) is 24.3. The third-order valence-corrected chi connectivity index (χ3v) is 13.5. The Morgan fingerprint density at radius 2 is 0.746 bits per heavy atom. The van der Waals surface area contributed by atoms with E-state index >= 15 is 0 Å². The van der Waals surface area contributed by atoms with Crippen molar-refractivity contribution in [2.24, 2.45) is 0 Å². The van der Waals surface area contributed by atoms with Crippen LogP contribution in [0.4, 0.5) is 0 Å². The van der Waals surface area contributed by atoms with Gasteiger partial charge >= 0.3 is 0 Å². The molecule has 0 saturated heterocycles. The van der Waals surface area contributed by atoms with Crippen LogP contribution in [-0.2, 0) is 25.7 Å². The third-order valence-electron chi connectivity index (χ3n) is 13.5.